The minimum atomic E-state index is 0.311. The van der Waals surface area contributed by atoms with Crippen molar-refractivity contribution < 1.29 is 4.58 Å². The van der Waals surface area contributed by atoms with Crippen LogP contribution in [-0.2, 0) is 0 Å². The van der Waals surface area contributed by atoms with Crippen LogP contribution in [-0.4, -0.2) is 23.4 Å². The van der Waals surface area contributed by atoms with Crippen LogP contribution in [0.25, 0.3) is 0 Å². The summed E-state index contributed by atoms with van der Waals surface area (Å²) in [4.78, 5) is 0. The molecular formula is C10H20N+. The van der Waals surface area contributed by atoms with Crippen LogP contribution in [0.5, 0.6) is 0 Å². The second-order valence-electron chi connectivity index (χ2n) is 4.78. The van der Waals surface area contributed by atoms with E-state index in [1.165, 1.54) is 12.8 Å². The van der Waals surface area contributed by atoms with Crippen LogP contribution in [0.15, 0.2) is 0 Å². The van der Waals surface area contributed by atoms with Gasteiger partial charge >= 0.3 is 0 Å². The summed E-state index contributed by atoms with van der Waals surface area (Å²) >= 11 is 0. The summed E-state index contributed by atoms with van der Waals surface area (Å²) in [5.41, 5.74) is 0.752. The maximum Gasteiger partial charge on any atom is 0.161 e. The van der Waals surface area contributed by atoms with E-state index in [1.807, 2.05) is 0 Å². The number of rotatable bonds is 0. The fourth-order valence-corrected chi connectivity index (χ4v) is 1.63. The van der Waals surface area contributed by atoms with Crippen LogP contribution < -0.4 is 0 Å². The molecule has 0 aromatic heterocycles. The summed E-state index contributed by atoms with van der Waals surface area (Å²) in [5.74, 6) is 0. The zero-order chi connectivity index (χ0) is 8.70. The molecule has 0 aromatic rings. The molecule has 64 valence electrons. The highest BCUT2D eigenvalue weighted by molar-refractivity contribution is 5.52. The average Bonchev–Trinajstić information content (AvgIpc) is 1.84. The molecule has 11 heavy (non-hydrogen) atoms. The Morgan fingerprint density at radius 2 is 1.73 bits per heavy atom. The van der Waals surface area contributed by atoms with Gasteiger partial charge in [0.1, 0.15) is 13.3 Å². The Morgan fingerprint density at radius 3 is 2.09 bits per heavy atom. The van der Waals surface area contributed by atoms with Gasteiger partial charge in [0.2, 0.25) is 0 Å². The Morgan fingerprint density at radius 1 is 1.18 bits per heavy atom. The van der Waals surface area contributed by atoms with E-state index >= 15 is 0 Å². The van der Waals surface area contributed by atoms with Crippen LogP contribution in [0.1, 0.15) is 40.5 Å². The van der Waals surface area contributed by atoms with E-state index < -0.39 is 0 Å². The standard InChI is InChI=1S/C10H20N/c1-9(2)7-6-8-11(5)10(9,3)4/h8H,6-7H2,1-5H3/q+1. The second kappa shape index (κ2) is 2.33. The Kier molecular flexibility index (Phi) is 1.85. The molecule has 1 rings (SSSR count). The molecule has 1 aliphatic rings. The quantitative estimate of drug-likeness (QED) is 0.471. The minimum Gasteiger partial charge on any atom is -0.237 e. The average molecular weight is 154 g/mol. The predicted octanol–water partition coefficient (Wildman–Crippen LogP) is 2.30. The van der Waals surface area contributed by atoms with Crippen LogP contribution >= 0.6 is 0 Å². The lowest BCUT2D eigenvalue weighted by Gasteiger charge is -2.39. The van der Waals surface area contributed by atoms with Gasteiger partial charge in [-0.2, -0.15) is 0 Å². The molecular weight excluding hydrogens is 134 g/mol. The van der Waals surface area contributed by atoms with Gasteiger partial charge in [-0.15, -0.1) is 0 Å². The third kappa shape index (κ3) is 1.21. The molecule has 0 atom stereocenters. The first kappa shape index (κ1) is 8.76. The van der Waals surface area contributed by atoms with Crippen molar-refractivity contribution in [3.8, 4) is 0 Å². The van der Waals surface area contributed by atoms with Crippen molar-refractivity contribution in [3.63, 3.8) is 0 Å². The van der Waals surface area contributed by atoms with Gasteiger partial charge in [-0.25, -0.2) is 4.58 Å². The zero-order valence-electron chi connectivity index (χ0n) is 8.44. The molecule has 1 nitrogen and oxygen atoms in total. The SMILES string of the molecule is C[N+]1=CCCC(C)(C)C1(C)C. The van der Waals surface area contributed by atoms with E-state index in [0.29, 0.717) is 11.0 Å². The molecule has 1 heteroatoms. The number of hydrogen-bond donors (Lipinski definition) is 0. The van der Waals surface area contributed by atoms with E-state index in [0.717, 1.165) is 0 Å². The van der Waals surface area contributed by atoms with E-state index in [2.05, 4.69) is 45.5 Å². The van der Waals surface area contributed by atoms with Gasteiger partial charge in [-0.1, -0.05) is 13.8 Å². The molecule has 0 aliphatic carbocycles. The molecule has 0 aromatic carbocycles. The predicted molar refractivity (Wildman–Crippen MR) is 49.3 cm³/mol. The van der Waals surface area contributed by atoms with Crippen LogP contribution in [0.4, 0.5) is 0 Å². The van der Waals surface area contributed by atoms with E-state index in [4.69, 9.17) is 0 Å². The van der Waals surface area contributed by atoms with Crippen molar-refractivity contribution in [1.29, 1.82) is 0 Å². The Labute approximate surface area is 70.1 Å². The zero-order valence-corrected chi connectivity index (χ0v) is 8.44. The lowest BCUT2D eigenvalue weighted by Crippen LogP contribution is -2.50. The molecule has 0 saturated heterocycles. The highest BCUT2D eigenvalue weighted by Gasteiger charge is 2.46. The second-order valence-corrected chi connectivity index (χ2v) is 4.78. The third-order valence-electron chi connectivity index (χ3n) is 3.71. The first-order valence-electron chi connectivity index (χ1n) is 4.44. The molecule has 0 radical (unpaired) electrons. The van der Waals surface area contributed by atoms with Crippen molar-refractivity contribution in [2.24, 2.45) is 5.41 Å². The van der Waals surface area contributed by atoms with Gasteiger partial charge in [0, 0.05) is 25.7 Å². The number of nitrogens with zero attached hydrogens (tertiary/aromatic N) is 1. The monoisotopic (exact) mass is 154 g/mol. The molecule has 0 saturated carbocycles. The number of hydrogen-bond acceptors (Lipinski definition) is 0. The van der Waals surface area contributed by atoms with Crippen LogP contribution in [0.3, 0.4) is 0 Å². The van der Waals surface area contributed by atoms with Gasteiger partial charge in [0.05, 0.1) is 0 Å². The van der Waals surface area contributed by atoms with Crippen molar-refractivity contribution in [2.75, 3.05) is 7.05 Å². The van der Waals surface area contributed by atoms with Gasteiger partial charge in [0.25, 0.3) is 0 Å². The first-order valence-corrected chi connectivity index (χ1v) is 4.44. The smallest absolute Gasteiger partial charge is 0.161 e. The van der Waals surface area contributed by atoms with Gasteiger partial charge < -0.3 is 0 Å². The summed E-state index contributed by atoms with van der Waals surface area (Å²) in [7, 11) is 2.18. The summed E-state index contributed by atoms with van der Waals surface area (Å²) in [5, 5.41) is 0. The van der Waals surface area contributed by atoms with E-state index in [1.54, 1.807) is 0 Å². The Bertz CT molecular complexity index is 187. The maximum atomic E-state index is 2.36. The molecule has 1 aliphatic heterocycles. The molecule has 0 amide bonds. The molecule has 0 N–H and O–H groups in total. The highest BCUT2D eigenvalue weighted by atomic mass is 15.1. The topological polar surface area (TPSA) is 3.01 Å². The largest absolute Gasteiger partial charge is 0.237 e. The van der Waals surface area contributed by atoms with E-state index in [9.17, 15) is 0 Å². The van der Waals surface area contributed by atoms with Gasteiger partial charge in [-0.05, 0) is 6.42 Å². The summed E-state index contributed by atoms with van der Waals surface area (Å²) < 4.78 is 2.36. The van der Waals surface area contributed by atoms with Gasteiger partial charge in [0.15, 0.2) is 5.54 Å². The van der Waals surface area contributed by atoms with Crippen molar-refractivity contribution >= 4 is 6.21 Å². The fourth-order valence-electron chi connectivity index (χ4n) is 1.63. The lowest BCUT2D eigenvalue weighted by molar-refractivity contribution is -0.597. The Hall–Kier alpha value is -0.330. The fraction of sp³-hybridized carbons (Fsp3) is 0.900. The van der Waals surface area contributed by atoms with Crippen LogP contribution in [0, 0.1) is 5.41 Å². The van der Waals surface area contributed by atoms with Crippen molar-refractivity contribution in [3.05, 3.63) is 0 Å². The van der Waals surface area contributed by atoms with E-state index in [-0.39, 0.29) is 0 Å². The Balaban J connectivity index is 3.00. The van der Waals surface area contributed by atoms with Crippen molar-refractivity contribution in [1.82, 2.24) is 0 Å². The molecule has 0 unspecified atom stereocenters. The minimum absolute atomic E-state index is 0.311. The molecule has 0 fully saturated rings. The summed E-state index contributed by atoms with van der Waals surface area (Å²) in [6, 6.07) is 0. The normalized spacial score (nSPS) is 27.9. The molecule has 1 heterocycles. The van der Waals surface area contributed by atoms with Crippen LogP contribution in [0.2, 0.25) is 0 Å². The maximum absolute atomic E-state index is 2.36. The third-order valence-corrected chi connectivity index (χ3v) is 3.71. The highest BCUT2D eigenvalue weighted by Crippen LogP contribution is 2.39. The molecule has 0 spiro atoms. The summed E-state index contributed by atoms with van der Waals surface area (Å²) in [6.45, 7) is 9.36. The lowest BCUT2D eigenvalue weighted by atomic mass is 9.69. The summed E-state index contributed by atoms with van der Waals surface area (Å²) in [6.07, 6.45) is 4.85. The van der Waals surface area contributed by atoms with Crippen molar-refractivity contribution in [2.45, 2.75) is 46.1 Å². The van der Waals surface area contributed by atoms with Gasteiger partial charge in [-0.3, -0.25) is 0 Å². The first-order chi connectivity index (χ1) is 4.88. The molecule has 0 bridgehead atoms.